The number of amides is 1. The van der Waals surface area contributed by atoms with Gasteiger partial charge < -0.3 is 14.7 Å². The maximum absolute atomic E-state index is 13.5. The first-order chi connectivity index (χ1) is 11.0. The van der Waals surface area contributed by atoms with E-state index in [4.69, 9.17) is 16.3 Å². The molecule has 1 aliphatic rings. The van der Waals surface area contributed by atoms with Crippen molar-refractivity contribution in [2.75, 3.05) is 13.1 Å². The Labute approximate surface area is 138 Å². The Kier molecular flexibility index (Phi) is 4.24. The van der Waals surface area contributed by atoms with Crippen molar-refractivity contribution >= 4 is 17.7 Å². The van der Waals surface area contributed by atoms with Crippen molar-refractivity contribution in [3.05, 3.63) is 70.5 Å². The zero-order valence-electron chi connectivity index (χ0n) is 12.2. The number of β-amino-alcohol motifs (C(OH)–C–C–N with tert-alkyl or cyclic N) is 1. The molecule has 0 aromatic heterocycles. The third kappa shape index (κ3) is 3.30. The molecule has 0 bridgehead atoms. The van der Waals surface area contributed by atoms with E-state index in [2.05, 4.69) is 0 Å². The molecular formula is C17H15ClFNO3. The fourth-order valence-electron chi connectivity index (χ4n) is 2.49. The Balaban J connectivity index is 1.57. The normalized spacial score (nSPS) is 15.9. The summed E-state index contributed by atoms with van der Waals surface area (Å²) >= 11 is 5.63. The molecule has 1 fully saturated rings. The van der Waals surface area contributed by atoms with Crippen LogP contribution in [0, 0.1) is 5.82 Å². The van der Waals surface area contributed by atoms with Crippen LogP contribution in [-0.4, -0.2) is 29.2 Å². The molecule has 1 saturated heterocycles. The van der Waals surface area contributed by atoms with E-state index in [1.54, 1.807) is 6.07 Å². The quantitative estimate of drug-likeness (QED) is 0.936. The minimum Gasteiger partial charge on any atom is -0.445 e. The SMILES string of the molecule is O=C(OCc1ccccc1)N1CC(O)(c2ccc(Cl)c(F)c2)C1. The summed E-state index contributed by atoms with van der Waals surface area (Å²) in [6.45, 7) is 0.285. The predicted molar refractivity (Wildman–Crippen MR) is 83.5 cm³/mol. The van der Waals surface area contributed by atoms with Crippen molar-refractivity contribution in [2.45, 2.75) is 12.2 Å². The van der Waals surface area contributed by atoms with E-state index in [9.17, 15) is 14.3 Å². The van der Waals surface area contributed by atoms with Gasteiger partial charge >= 0.3 is 6.09 Å². The van der Waals surface area contributed by atoms with Crippen molar-refractivity contribution in [3.8, 4) is 0 Å². The summed E-state index contributed by atoms with van der Waals surface area (Å²) in [6, 6.07) is 13.5. The summed E-state index contributed by atoms with van der Waals surface area (Å²) in [7, 11) is 0. The highest BCUT2D eigenvalue weighted by Gasteiger charge is 2.46. The number of likely N-dealkylation sites (tertiary alicyclic amines) is 1. The van der Waals surface area contributed by atoms with Crippen LogP contribution in [0.3, 0.4) is 0 Å². The third-order valence-electron chi connectivity index (χ3n) is 3.83. The first kappa shape index (κ1) is 15.8. The summed E-state index contributed by atoms with van der Waals surface area (Å²) < 4.78 is 18.7. The summed E-state index contributed by atoms with van der Waals surface area (Å²) in [5.41, 5.74) is 0.0138. The second-order valence-electron chi connectivity index (χ2n) is 5.56. The molecule has 1 aliphatic heterocycles. The third-order valence-corrected chi connectivity index (χ3v) is 4.13. The van der Waals surface area contributed by atoms with E-state index in [1.807, 2.05) is 30.3 Å². The lowest BCUT2D eigenvalue weighted by Crippen LogP contribution is -2.61. The van der Waals surface area contributed by atoms with Gasteiger partial charge in [-0.1, -0.05) is 48.0 Å². The van der Waals surface area contributed by atoms with E-state index in [0.717, 1.165) is 5.56 Å². The maximum atomic E-state index is 13.5. The summed E-state index contributed by atoms with van der Waals surface area (Å²) in [5.74, 6) is -0.595. The largest absolute Gasteiger partial charge is 0.445 e. The molecule has 0 unspecified atom stereocenters. The van der Waals surface area contributed by atoms with Crippen LogP contribution >= 0.6 is 11.6 Å². The van der Waals surface area contributed by atoms with Gasteiger partial charge in [0.15, 0.2) is 0 Å². The molecule has 6 heteroatoms. The lowest BCUT2D eigenvalue weighted by atomic mass is 9.86. The Morgan fingerprint density at radius 2 is 1.96 bits per heavy atom. The zero-order chi connectivity index (χ0) is 16.4. The van der Waals surface area contributed by atoms with Gasteiger partial charge in [-0.15, -0.1) is 0 Å². The van der Waals surface area contributed by atoms with Crippen LogP contribution in [0.2, 0.25) is 5.02 Å². The number of ether oxygens (including phenoxy) is 1. The molecule has 0 radical (unpaired) electrons. The first-order valence-electron chi connectivity index (χ1n) is 7.11. The molecule has 23 heavy (non-hydrogen) atoms. The number of hydrogen-bond acceptors (Lipinski definition) is 3. The second-order valence-corrected chi connectivity index (χ2v) is 5.96. The van der Waals surface area contributed by atoms with E-state index in [-0.39, 0.29) is 24.7 Å². The van der Waals surface area contributed by atoms with Crippen LogP contribution in [0.25, 0.3) is 0 Å². The number of aliphatic hydroxyl groups is 1. The van der Waals surface area contributed by atoms with Gasteiger partial charge in [-0.05, 0) is 23.3 Å². The standard InChI is InChI=1S/C17H15ClFNO3/c18-14-7-6-13(8-15(14)19)17(22)10-20(11-17)16(21)23-9-12-4-2-1-3-5-12/h1-8,22H,9-11H2. The Morgan fingerprint density at radius 3 is 2.61 bits per heavy atom. The Morgan fingerprint density at radius 1 is 1.26 bits per heavy atom. The molecule has 1 N–H and O–H groups in total. The molecule has 0 aliphatic carbocycles. The van der Waals surface area contributed by atoms with E-state index in [1.165, 1.54) is 17.0 Å². The van der Waals surface area contributed by atoms with Gasteiger partial charge in [-0.25, -0.2) is 9.18 Å². The number of carbonyl (C=O) groups excluding carboxylic acids is 1. The minimum atomic E-state index is -1.27. The molecule has 120 valence electrons. The van der Waals surface area contributed by atoms with Crippen LogP contribution in [0.1, 0.15) is 11.1 Å². The molecule has 1 heterocycles. The topological polar surface area (TPSA) is 49.8 Å². The lowest BCUT2D eigenvalue weighted by molar-refractivity contribution is -0.0950. The molecule has 2 aromatic rings. The average molecular weight is 336 g/mol. The van der Waals surface area contributed by atoms with Crippen molar-refractivity contribution < 1.29 is 19.0 Å². The van der Waals surface area contributed by atoms with E-state index < -0.39 is 17.5 Å². The van der Waals surface area contributed by atoms with Crippen LogP contribution in [-0.2, 0) is 16.9 Å². The smallest absolute Gasteiger partial charge is 0.410 e. The maximum Gasteiger partial charge on any atom is 0.410 e. The van der Waals surface area contributed by atoms with Crippen molar-refractivity contribution in [1.82, 2.24) is 4.90 Å². The number of nitrogens with zero attached hydrogens (tertiary/aromatic N) is 1. The number of halogens is 2. The highest BCUT2D eigenvalue weighted by atomic mass is 35.5. The van der Waals surface area contributed by atoms with Gasteiger partial charge in [0.2, 0.25) is 0 Å². The number of carbonyl (C=O) groups is 1. The van der Waals surface area contributed by atoms with Crippen LogP contribution in [0.15, 0.2) is 48.5 Å². The minimum absolute atomic E-state index is 0.00389. The van der Waals surface area contributed by atoms with Crippen molar-refractivity contribution in [3.63, 3.8) is 0 Å². The number of hydrogen-bond donors (Lipinski definition) is 1. The molecule has 0 saturated carbocycles. The van der Waals surface area contributed by atoms with Gasteiger partial charge in [0.05, 0.1) is 18.1 Å². The van der Waals surface area contributed by atoms with Crippen LogP contribution in [0.4, 0.5) is 9.18 Å². The fraction of sp³-hybridized carbons (Fsp3) is 0.235. The summed E-state index contributed by atoms with van der Waals surface area (Å²) in [6.07, 6.45) is -0.507. The molecule has 3 rings (SSSR count). The molecule has 0 spiro atoms. The molecule has 1 amide bonds. The summed E-state index contributed by atoms with van der Waals surface area (Å²) in [5, 5.41) is 10.4. The highest BCUT2D eigenvalue weighted by Crippen LogP contribution is 2.33. The van der Waals surface area contributed by atoms with Crippen molar-refractivity contribution in [1.29, 1.82) is 0 Å². The van der Waals surface area contributed by atoms with E-state index >= 15 is 0 Å². The molecule has 0 atom stereocenters. The molecule has 2 aromatic carbocycles. The second kappa shape index (κ2) is 6.18. The van der Waals surface area contributed by atoms with Gasteiger partial charge in [0, 0.05) is 0 Å². The fourth-order valence-corrected chi connectivity index (χ4v) is 2.61. The Hall–Kier alpha value is -2.11. The first-order valence-corrected chi connectivity index (χ1v) is 7.49. The molecular weight excluding hydrogens is 321 g/mol. The molecule has 4 nitrogen and oxygen atoms in total. The van der Waals surface area contributed by atoms with Crippen LogP contribution in [0.5, 0.6) is 0 Å². The van der Waals surface area contributed by atoms with Gasteiger partial charge in [-0.2, -0.15) is 0 Å². The summed E-state index contributed by atoms with van der Waals surface area (Å²) in [4.78, 5) is 13.3. The number of rotatable bonds is 3. The van der Waals surface area contributed by atoms with Gasteiger partial charge in [-0.3, -0.25) is 0 Å². The van der Waals surface area contributed by atoms with Crippen molar-refractivity contribution in [2.24, 2.45) is 0 Å². The lowest BCUT2D eigenvalue weighted by Gasteiger charge is -2.45. The Bertz CT molecular complexity index is 717. The average Bonchev–Trinajstić information content (AvgIpc) is 2.53. The number of benzene rings is 2. The van der Waals surface area contributed by atoms with E-state index in [0.29, 0.717) is 5.56 Å². The zero-order valence-corrected chi connectivity index (χ0v) is 13.0. The highest BCUT2D eigenvalue weighted by molar-refractivity contribution is 6.30. The monoisotopic (exact) mass is 335 g/mol. The predicted octanol–water partition coefficient (Wildman–Crippen LogP) is 3.32. The van der Waals surface area contributed by atoms with Gasteiger partial charge in [0.1, 0.15) is 18.0 Å². The van der Waals surface area contributed by atoms with Gasteiger partial charge in [0.25, 0.3) is 0 Å². The van der Waals surface area contributed by atoms with Crippen LogP contribution < -0.4 is 0 Å².